The number of hydrogen-bond acceptors (Lipinski definition) is 6. The lowest BCUT2D eigenvalue weighted by molar-refractivity contribution is -0.386. The van der Waals surface area contributed by atoms with Crippen LogP contribution in [0.25, 0.3) is 0 Å². The van der Waals surface area contributed by atoms with Gasteiger partial charge in [-0.1, -0.05) is 27.7 Å². The Morgan fingerprint density at radius 3 is 2.30 bits per heavy atom. The smallest absolute Gasteiger partial charge is 0.410 e. The number of carbonyl (C=O) groups is 1. The third kappa shape index (κ3) is 6.69. The van der Waals surface area contributed by atoms with Crippen molar-refractivity contribution in [2.45, 2.75) is 65.9 Å². The highest BCUT2D eigenvalue weighted by molar-refractivity contribution is 5.67. The lowest BCUT2D eigenvalue weighted by Gasteiger charge is -2.24. The molecule has 0 radical (unpaired) electrons. The molecule has 0 saturated heterocycles. The summed E-state index contributed by atoms with van der Waals surface area (Å²) in [6.45, 7) is 13.4. The number of aromatic nitrogens is 1. The third-order valence-corrected chi connectivity index (χ3v) is 3.76. The topological polar surface area (TPSA) is 94.8 Å². The van der Waals surface area contributed by atoms with Gasteiger partial charge in [0.2, 0.25) is 5.88 Å². The molecule has 1 amide bonds. The van der Waals surface area contributed by atoms with Crippen molar-refractivity contribution in [3.63, 3.8) is 0 Å². The first-order chi connectivity index (χ1) is 12.3. The maximum Gasteiger partial charge on any atom is 0.410 e. The van der Waals surface area contributed by atoms with Crippen LogP contribution in [0.15, 0.2) is 6.07 Å². The van der Waals surface area contributed by atoms with Crippen LogP contribution in [0.3, 0.4) is 0 Å². The van der Waals surface area contributed by atoms with Crippen LogP contribution in [-0.2, 0) is 4.74 Å². The summed E-state index contributed by atoms with van der Waals surface area (Å²) in [5.74, 6) is 0.166. The fourth-order valence-corrected chi connectivity index (χ4v) is 2.39. The van der Waals surface area contributed by atoms with Crippen LogP contribution < -0.4 is 4.74 Å². The molecule has 0 N–H and O–H groups in total. The van der Waals surface area contributed by atoms with E-state index in [2.05, 4.69) is 4.98 Å². The molecule has 1 rings (SSSR count). The number of amides is 1. The normalized spacial score (nSPS) is 11.6. The minimum Gasteiger partial charge on any atom is -0.476 e. The predicted molar refractivity (Wildman–Crippen MR) is 103 cm³/mol. The summed E-state index contributed by atoms with van der Waals surface area (Å²) < 4.78 is 11.0. The van der Waals surface area contributed by atoms with E-state index in [0.29, 0.717) is 23.7 Å². The van der Waals surface area contributed by atoms with Crippen LogP contribution in [0.1, 0.15) is 71.6 Å². The molecule has 1 aromatic heterocycles. The number of ether oxygens (including phenoxy) is 2. The van der Waals surface area contributed by atoms with Gasteiger partial charge in [-0.15, -0.1) is 0 Å². The monoisotopic (exact) mass is 381 g/mol. The van der Waals surface area contributed by atoms with Gasteiger partial charge in [-0.2, -0.15) is 0 Å². The van der Waals surface area contributed by atoms with Gasteiger partial charge in [0.25, 0.3) is 5.69 Å². The van der Waals surface area contributed by atoms with Crippen molar-refractivity contribution in [1.29, 1.82) is 0 Å². The van der Waals surface area contributed by atoms with E-state index in [1.807, 2.05) is 27.7 Å². The summed E-state index contributed by atoms with van der Waals surface area (Å²) in [5.41, 5.74) is 0.485. The summed E-state index contributed by atoms with van der Waals surface area (Å²) in [6.07, 6.45) is -0.437. The highest BCUT2D eigenvalue weighted by atomic mass is 16.6. The molecule has 0 aliphatic rings. The van der Waals surface area contributed by atoms with E-state index >= 15 is 0 Å². The van der Waals surface area contributed by atoms with Gasteiger partial charge >= 0.3 is 6.09 Å². The number of nitrogens with zero attached hydrogens (tertiary/aromatic N) is 3. The van der Waals surface area contributed by atoms with Crippen LogP contribution >= 0.6 is 0 Å². The third-order valence-electron chi connectivity index (χ3n) is 3.76. The van der Waals surface area contributed by atoms with Gasteiger partial charge in [0.15, 0.2) is 0 Å². The van der Waals surface area contributed by atoms with Gasteiger partial charge in [0.05, 0.1) is 11.5 Å². The second kappa shape index (κ2) is 9.01. The summed E-state index contributed by atoms with van der Waals surface area (Å²) in [4.78, 5) is 28.9. The second-order valence-electron chi connectivity index (χ2n) is 8.10. The molecule has 27 heavy (non-hydrogen) atoms. The van der Waals surface area contributed by atoms with Crippen LogP contribution in [0.4, 0.5) is 10.5 Å². The van der Waals surface area contributed by atoms with Crippen molar-refractivity contribution in [3.8, 4) is 5.88 Å². The lowest BCUT2D eigenvalue weighted by atomic mass is 9.97. The van der Waals surface area contributed by atoms with E-state index in [-0.39, 0.29) is 29.1 Å². The molecule has 0 aromatic carbocycles. The molecule has 8 nitrogen and oxygen atoms in total. The van der Waals surface area contributed by atoms with Gasteiger partial charge in [-0.05, 0) is 26.7 Å². The molecule has 0 atom stereocenters. The number of pyridine rings is 1. The molecule has 152 valence electrons. The van der Waals surface area contributed by atoms with E-state index < -0.39 is 11.7 Å². The number of carbonyl (C=O) groups excluding carboxylic acids is 1. The van der Waals surface area contributed by atoms with E-state index in [9.17, 15) is 14.9 Å². The first kappa shape index (κ1) is 22.7. The minimum absolute atomic E-state index is 0.0438. The Balaban J connectivity index is 2.92. The summed E-state index contributed by atoms with van der Waals surface area (Å²) in [5, 5.41) is 11.5. The van der Waals surface area contributed by atoms with E-state index in [4.69, 9.17) is 9.47 Å². The average molecular weight is 381 g/mol. The van der Waals surface area contributed by atoms with Crippen LogP contribution in [-0.4, -0.2) is 46.7 Å². The van der Waals surface area contributed by atoms with Crippen molar-refractivity contribution in [1.82, 2.24) is 9.88 Å². The average Bonchev–Trinajstić information content (AvgIpc) is 2.51. The zero-order valence-corrected chi connectivity index (χ0v) is 17.5. The molecule has 0 spiro atoms. The number of hydrogen-bond donors (Lipinski definition) is 0. The predicted octanol–water partition coefficient (Wildman–Crippen LogP) is 4.48. The quantitative estimate of drug-likeness (QED) is 0.510. The summed E-state index contributed by atoms with van der Waals surface area (Å²) in [6, 6.07) is 1.61. The molecule has 1 heterocycles. The molecule has 0 unspecified atom stereocenters. The molecule has 8 heteroatoms. The Hall–Kier alpha value is -2.38. The van der Waals surface area contributed by atoms with Crippen molar-refractivity contribution >= 4 is 11.8 Å². The van der Waals surface area contributed by atoms with E-state index in [1.165, 1.54) is 4.90 Å². The van der Waals surface area contributed by atoms with Crippen molar-refractivity contribution in [3.05, 3.63) is 27.4 Å². The molecule has 0 aliphatic heterocycles. The zero-order valence-electron chi connectivity index (χ0n) is 17.5. The second-order valence-corrected chi connectivity index (χ2v) is 8.10. The van der Waals surface area contributed by atoms with Crippen molar-refractivity contribution in [2.75, 3.05) is 20.2 Å². The first-order valence-corrected chi connectivity index (χ1v) is 9.09. The Labute approximate surface area is 161 Å². The largest absolute Gasteiger partial charge is 0.476 e. The molecule has 0 aliphatic carbocycles. The van der Waals surface area contributed by atoms with Gasteiger partial charge in [-0.3, -0.25) is 10.1 Å². The summed E-state index contributed by atoms with van der Waals surface area (Å²) >= 11 is 0. The van der Waals surface area contributed by atoms with Crippen molar-refractivity contribution in [2.24, 2.45) is 0 Å². The molecule has 0 bridgehead atoms. The molecule has 0 fully saturated rings. The van der Waals surface area contributed by atoms with Gasteiger partial charge in [0.1, 0.15) is 17.9 Å². The highest BCUT2D eigenvalue weighted by Crippen LogP contribution is 2.35. The van der Waals surface area contributed by atoms with Crippen LogP contribution in [0, 0.1) is 10.1 Å². The van der Waals surface area contributed by atoms with E-state index in [0.717, 1.165) is 0 Å². The summed E-state index contributed by atoms with van der Waals surface area (Å²) in [7, 11) is 1.62. The Morgan fingerprint density at radius 1 is 1.26 bits per heavy atom. The Morgan fingerprint density at radius 2 is 1.85 bits per heavy atom. The highest BCUT2D eigenvalue weighted by Gasteiger charge is 2.27. The van der Waals surface area contributed by atoms with Gasteiger partial charge < -0.3 is 14.4 Å². The number of nitro groups is 1. The van der Waals surface area contributed by atoms with Gasteiger partial charge in [-0.25, -0.2) is 9.78 Å². The Bertz CT molecular complexity index is 651. The van der Waals surface area contributed by atoms with Crippen LogP contribution in [0.5, 0.6) is 5.88 Å². The molecular weight excluding hydrogens is 350 g/mol. The van der Waals surface area contributed by atoms with E-state index in [1.54, 1.807) is 33.9 Å². The Kier molecular flexibility index (Phi) is 7.56. The fraction of sp³-hybridized carbons (Fsp3) is 0.684. The zero-order chi connectivity index (χ0) is 20.9. The first-order valence-electron chi connectivity index (χ1n) is 9.09. The SMILES string of the molecule is CC(C)c1cc(OCCN(C)C(=O)OC(C)(C)C)nc(C(C)C)c1[N+](=O)[O-]. The van der Waals surface area contributed by atoms with Crippen molar-refractivity contribution < 1.29 is 19.2 Å². The van der Waals surface area contributed by atoms with Gasteiger partial charge in [0, 0.05) is 24.6 Å². The standard InChI is InChI=1S/C19H31N3O5/c1-12(2)14-11-15(20-16(13(3)4)17(14)22(24)25)26-10-9-21(8)18(23)27-19(5,6)7/h11-13H,9-10H2,1-8H3. The fourth-order valence-electron chi connectivity index (χ4n) is 2.39. The molecule has 1 aromatic rings. The number of likely N-dealkylation sites (N-methyl/N-ethyl adjacent to an activating group) is 1. The maximum atomic E-state index is 12.0. The van der Waals surface area contributed by atoms with Crippen LogP contribution in [0.2, 0.25) is 0 Å². The molecule has 0 saturated carbocycles. The maximum absolute atomic E-state index is 12.0. The lowest BCUT2D eigenvalue weighted by Crippen LogP contribution is -2.36. The minimum atomic E-state index is -0.565. The molecular formula is C19H31N3O5. The number of rotatable bonds is 7.